The van der Waals surface area contributed by atoms with E-state index in [-0.39, 0.29) is 29.8 Å². The van der Waals surface area contributed by atoms with Crippen LogP contribution in [0.3, 0.4) is 0 Å². The highest BCUT2D eigenvalue weighted by molar-refractivity contribution is 7.86. The smallest absolute Gasteiger partial charge is 0.265 e. The van der Waals surface area contributed by atoms with E-state index in [1.54, 1.807) is 20.8 Å². The molecule has 0 radical (unpaired) electrons. The molecule has 1 saturated heterocycles. The van der Waals surface area contributed by atoms with E-state index in [0.717, 1.165) is 18.2 Å². The maximum absolute atomic E-state index is 12.7. The molecule has 5 aliphatic rings. The summed E-state index contributed by atoms with van der Waals surface area (Å²) in [5.74, 6) is -0.601. The molecule has 1 aliphatic heterocycles. The Morgan fingerprint density at radius 1 is 1.22 bits per heavy atom. The first-order chi connectivity index (χ1) is 14.6. The van der Waals surface area contributed by atoms with Crippen molar-refractivity contribution in [3.63, 3.8) is 0 Å². The van der Waals surface area contributed by atoms with E-state index < -0.39 is 45.2 Å². The van der Waals surface area contributed by atoms with Gasteiger partial charge in [0.15, 0.2) is 5.79 Å². The second-order valence-corrected chi connectivity index (χ2v) is 13.5. The number of rotatable bonds is 2. The zero-order chi connectivity index (χ0) is 23.6. The molecule has 32 heavy (non-hydrogen) atoms. The third-order valence-corrected chi connectivity index (χ3v) is 9.75. The molecular weight excluding hydrogens is 432 g/mol. The molecule has 9 atom stereocenters. The van der Waals surface area contributed by atoms with Crippen molar-refractivity contribution in [1.82, 2.24) is 0 Å². The van der Waals surface area contributed by atoms with E-state index in [9.17, 15) is 18.6 Å². The third-order valence-electron chi connectivity index (χ3n) is 9.21. The molecule has 3 fully saturated rings. The highest BCUT2D eigenvalue weighted by Crippen LogP contribution is 2.73. The minimum Gasteiger partial charge on any atom is -0.391 e. The number of ether oxygens (including phenoxy) is 2. The van der Waals surface area contributed by atoms with Crippen molar-refractivity contribution in [1.29, 1.82) is 0 Å². The van der Waals surface area contributed by atoms with Gasteiger partial charge in [0.25, 0.3) is 10.1 Å². The molecule has 0 amide bonds. The first-order valence-corrected chi connectivity index (χ1v) is 13.4. The molecule has 7 nitrogen and oxygen atoms in total. The summed E-state index contributed by atoms with van der Waals surface area (Å²) in [5.41, 5.74) is -1.48. The first kappa shape index (κ1) is 23.0. The van der Waals surface area contributed by atoms with Crippen molar-refractivity contribution in [3.05, 3.63) is 23.3 Å². The highest BCUT2D eigenvalue weighted by atomic mass is 32.2. The van der Waals surface area contributed by atoms with E-state index in [1.807, 2.05) is 12.2 Å². The van der Waals surface area contributed by atoms with Crippen molar-refractivity contribution in [3.8, 4) is 0 Å². The molecule has 1 spiro atoms. The minimum atomic E-state index is -3.89. The van der Waals surface area contributed by atoms with Gasteiger partial charge in [0.05, 0.1) is 24.4 Å². The average molecular weight is 469 g/mol. The Hall–Kier alpha value is -0.770. The summed E-state index contributed by atoms with van der Waals surface area (Å²) in [6, 6.07) is 0. The topological polar surface area (TPSA) is 102 Å². The van der Waals surface area contributed by atoms with Crippen LogP contribution in [0, 0.1) is 34.5 Å². The predicted molar refractivity (Wildman–Crippen MR) is 118 cm³/mol. The molecule has 2 saturated carbocycles. The van der Waals surface area contributed by atoms with E-state index in [1.165, 1.54) is 0 Å². The van der Waals surface area contributed by atoms with Gasteiger partial charge in [-0.1, -0.05) is 32.9 Å². The van der Waals surface area contributed by atoms with Gasteiger partial charge in [0, 0.05) is 5.92 Å². The van der Waals surface area contributed by atoms with Gasteiger partial charge in [-0.15, -0.1) is 0 Å². The molecule has 2 N–H and O–H groups in total. The van der Waals surface area contributed by atoms with Crippen LogP contribution in [-0.2, 0) is 23.8 Å². The van der Waals surface area contributed by atoms with E-state index in [4.69, 9.17) is 13.7 Å². The van der Waals surface area contributed by atoms with E-state index in [0.29, 0.717) is 11.5 Å². The van der Waals surface area contributed by atoms with Gasteiger partial charge < -0.3 is 19.7 Å². The largest absolute Gasteiger partial charge is 0.391 e. The lowest BCUT2D eigenvalue weighted by Gasteiger charge is -2.55. The van der Waals surface area contributed by atoms with Crippen LogP contribution in [0.4, 0.5) is 0 Å². The molecule has 0 aromatic rings. The van der Waals surface area contributed by atoms with E-state index in [2.05, 4.69) is 20.8 Å². The Labute approximate surface area is 190 Å². The standard InChI is InChI=1S/C24H36O7S/c1-12-10-23-13(2)8-16-17(21(16,3)4)15(18(23)25)9-14-11-29-22(5,6)30-20(14)24(23,26)19(12)31-32(7,27)28/h9-10,13,15-20,25-26H,8,11H2,1-7H3/t13-,15+,16-,17+,18?,19+,20?,23+,24?/m1/s1. The summed E-state index contributed by atoms with van der Waals surface area (Å²) in [6.07, 6.45) is 2.83. The summed E-state index contributed by atoms with van der Waals surface area (Å²) < 4.78 is 42.4. The number of hydrogen-bond acceptors (Lipinski definition) is 7. The Morgan fingerprint density at radius 2 is 1.88 bits per heavy atom. The molecular formula is C24H36O7S. The Bertz CT molecular complexity index is 1010. The number of hydrogen-bond donors (Lipinski definition) is 2. The van der Waals surface area contributed by atoms with Gasteiger partial charge in [-0.3, -0.25) is 4.18 Å². The predicted octanol–water partition coefficient (Wildman–Crippen LogP) is 2.39. The van der Waals surface area contributed by atoms with Crippen molar-refractivity contribution in [2.24, 2.45) is 34.5 Å². The summed E-state index contributed by atoms with van der Waals surface area (Å²) >= 11 is 0. The summed E-state index contributed by atoms with van der Waals surface area (Å²) in [7, 11) is -3.89. The summed E-state index contributed by atoms with van der Waals surface area (Å²) in [4.78, 5) is 0. The molecule has 2 bridgehead atoms. The van der Waals surface area contributed by atoms with Crippen LogP contribution in [0.5, 0.6) is 0 Å². The van der Waals surface area contributed by atoms with Crippen LogP contribution >= 0.6 is 0 Å². The minimum absolute atomic E-state index is 0.0895. The number of fused-ring (bicyclic) bond motifs is 5. The van der Waals surface area contributed by atoms with Crippen molar-refractivity contribution in [2.75, 3.05) is 12.9 Å². The van der Waals surface area contributed by atoms with Gasteiger partial charge in [-0.05, 0) is 61.5 Å². The lowest BCUT2D eigenvalue weighted by Crippen LogP contribution is -2.69. The van der Waals surface area contributed by atoms with Gasteiger partial charge in [-0.25, -0.2) is 0 Å². The molecule has 3 unspecified atom stereocenters. The van der Waals surface area contributed by atoms with Crippen molar-refractivity contribution >= 4 is 10.1 Å². The fourth-order valence-corrected chi connectivity index (χ4v) is 8.40. The van der Waals surface area contributed by atoms with E-state index >= 15 is 0 Å². The van der Waals surface area contributed by atoms with Crippen molar-refractivity contribution < 1.29 is 32.3 Å². The first-order valence-electron chi connectivity index (χ1n) is 11.6. The second-order valence-electron chi connectivity index (χ2n) is 11.9. The third kappa shape index (κ3) is 2.80. The monoisotopic (exact) mass is 468 g/mol. The SMILES string of the molecule is CC1=C[C@]23C(O)[C@@H](C=C4COC(C)(C)OC4C2(O)[C@H]1OS(C)(=O)=O)[C@H]1[C@@H](C[C@H]3C)C1(C)C. The molecule has 1 heterocycles. The normalized spacial score (nSPS) is 50.7. The quantitative estimate of drug-likeness (QED) is 0.474. The Morgan fingerprint density at radius 3 is 2.50 bits per heavy atom. The molecule has 180 valence electrons. The van der Waals surface area contributed by atoms with Crippen LogP contribution in [0.2, 0.25) is 0 Å². The second kappa shape index (κ2) is 6.46. The van der Waals surface area contributed by atoms with Crippen LogP contribution in [0.25, 0.3) is 0 Å². The zero-order valence-corrected chi connectivity index (χ0v) is 20.8. The molecule has 8 heteroatoms. The molecule has 0 aromatic carbocycles. The maximum atomic E-state index is 12.7. The van der Waals surface area contributed by atoms with Gasteiger partial charge in [0.1, 0.15) is 17.8 Å². The fourth-order valence-electron chi connectivity index (χ4n) is 7.75. The Balaban J connectivity index is 1.76. The van der Waals surface area contributed by atoms with Gasteiger partial charge in [0.2, 0.25) is 0 Å². The number of aliphatic hydroxyl groups excluding tert-OH is 1. The van der Waals surface area contributed by atoms with Crippen LogP contribution < -0.4 is 0 Å². The number of aliphatic hydroxyl groups is 2. The average Bonchev–Trinajstić information content (AvgIpc) is 3.14. The molecule has 4 aliphatic carbocycles. The van der Waals surface area contributed by atoms with Crippen LogP contribution in [0.15, 0.2) is 23.3 Å². The maximum Gasteiger partial charge on any atom is 0.265 e. The Kier molecular flexibility index (Phi) is 4.64. The fraction of sp³-hybridized carbons (Fsp3) is 0.833. The van der Waals surface area contributed by atoms with Gasteiger partial charge in [-0.2, -0.15) is 8.42 Å². The molecule has 0 aromatic heterocycles. The summed E-state index contributed by atoms with van der Waals surface area (Å²) in [5, 5.41) is 24.7. The van der Waals surface area contributed by atoms with Gasteiger partial charge >= 0.3 is 0 Å². The lowest BCUT2D eigenvalue weighted by molar-refractivity contribution is -0.310. The summed E-state index contributed by atoms with van der Waals surface area (Å²) in [6.45, 7) is 12.1. The lowest BCUT2D eigenvalue weighted by atomic mass is 9.58. The van der Waals surface area contributed by atoms with Crippen molar-refractivity contribution in [2.45, 2.75) is 77.7 Å². The van der Waals surface area contributed by atoms with Crippen LogP contribution in [-0.4, -0.2) is 61.2 Å². The zero-order valence-electron chi connectivity index (χ0n) is 20.0. The molecule has 5 rings (SSSR count). The van der Waals surface area contributed by atoms with Crippen LogP contribution in [0.1, 0.15) is 48.0 Å². The highest BCUT2D eigenvalue weighted by Gasteiger charge is 2.77.